The summed E-state index contributed by atoms with van der Waals surface area (Å²) in [7, 11) is 0. The van der Waals surface area contributed by atoms with E-state index in [-0.39, 0.29) is 101 Å². The maximum Gasteiger partial charge on any atom is 0.343 e. The van der Waals surface area contributed by atoms with Gasteiger partial charge in [0.1, 0.15) is 31.3 Å². The summed E-state index contributed by atoms with van der Waals surface area (Å²) in [5.41, 5.74) is 7.12. The average Bonchev–Trinajstić information content (AvgIpc) is 1.62. The standard InChI is InChI=1S/C62H66N8O14/c1-5-62(81)44-29-48-56-41(30-70(48)59(78)43(44)32-84-61(62)80)39-15-10-16-40-45(17-18-46(66-56)54(39)40)67-57(76)34(4)64-58(77)55(33(2)3)68-50(72)20-19-47(60(79)83-31-42-37-13-8-6-11-35(37)36-12-7-9-14-38(36)42)65-51(73)24-27-82-28-25-63-49(71)23-26-69-52(74)21-22-53(69)75/h6-9,11-14,17-18,21-22,29,33-34,42,47,55,81H,5,10,15-16,19-20,23-28,30-32H2,1-4H3,(H,63,71)(H,64,77)(H,65,73)(H,67,76)(H,68,72)/t34-,47-,55-,62-/m0/s1. The van der Waals surface area contributed by atoms with Gasteiger partial charge in [0.15, 0.2) is 5.60 Å². The van der Waals surface area contributed by atoms with Crippen molar-refractivity contribution in [1.29, 1.82) is 0 Å². The molecular weight excluding hydrogens is 1080 g/mol. The third-order valence-electron chi connectivity index (χ3n) is 16.3. The van der Waals surface area contributed by atoms with Gasteiger partial charge in [-0.1, -0.05) is 69.3 Å². The van der Waals surface area contributed by atoms with Gasteiger partial charge in [0.2, 0.25) is 29.5 Å². The van der Waals surface area contributed by atoms with Crippen molar-refractivity contribution < 1.29 is 62.5 Å². The van der Waals surface area contributed by atoms with Gasteiger partial charge in [-0.3, -0.25) is 43.3 Å². The fourth-order valence-corrected chi connectivity index (χ4v) is 11.8. The van der Waals surface area contributed by atoms with E-state index in [0.29, 0.717) is 35.4 Å². The zero-order valence-corrected chi connectivity index (χ0v) is 47.1. The van der Waals surface area contributed by atoms with E-state index < -0.39 is 82.9 Å². The lowest BCUT2D eigenvalue weighted by Crippen LogP contribution is -2.54. The summed E-state index contributed by atoms with van der Waals surface area (Å²) in [6.07, 6.45) is 3.57. The Bertz CT molecular complexity index is 3580. The zero-order chi connectivity index (χ0) is 59.6. The first-order chi connectivity index (χ1) is 40.4. The van der Waals surface area contributed by atoms with Crippen LogP contribution in [0.1, 0.15) is 111 Å². The Kier molecular flexibility index (Phi) is 17.0. The molecule has 10 rings (SSSR count). The van der Waals surface area contributed by atoms with Gasteiger partial charge in [-0.15, -0.1) is 0 Å². The van der Waals surface area contributed by atoms with Crippen molar-refractivity contribution in [1.82, 2.24) is 35.7 Å². The normalized spacial score (nSPS) is 17.3. The van der Waals surface area contributed by atoms with Crippen LogP contribution >= 0.6 is 0 Å². The highest BCUT2D eigenvalue weighted by molar-refractivity contribution is 6.13. The third-order valence-corrected chi connectivity index (χ3v) is 16.3. The van der Waals surface area contributed by atoms with Crippen LogP contribution in [0.25, 0.3) is 33.4 Å². The number of amides is 7. The van der Waals surface area contributed by atoms with Gasteiger partial charge < -0.3 is 50.5 Å². The first kappa shape index (κ1) is 58.3. The van der Waals surface area contributed by atoms with Crippen LogP contribution in [0.2, 0.25) is 0 Å². The fraction of sp³-hybridized carbons (Fsp3) is 0.403. The third kappa shape index (κ3) is 11.6. The Morgan fingerprint density at radius 2 is 1.48 bits per heavy atom. The number of fused-ring (bicyclic) bond motifs is 8. The smallest absolute Gasteiger partial charge is 0.343 e. The number of hydrogen-bond donors (Lipinski definition) is 6. The molecule has 438 valence electrons. The van der Waals surface area contributed by atoms with Gasteiger partial charge >= 0.3 is 11.9 Å². The van der Waals surface area contributed by atoms with Crippen molar-refractivity contribution in [3.8, 4) is 22.5 Å². The van der Waals surface area contributed by atoms with Crippen molar-refractivity contribution in [3.63, 3.8) is 0 Å². The number of hydrogen-bond acceptors (Lipinski definition) is 15. The Balaban J connectivity index is 0.754. The Morgan fingerprint density at radius 3 is 2.18 bits per heavy atom. The molecule has 0 bridgehead atoms. The van der Waals surface area contributed by atoms with E-state index >= 15 is 0 Å². The Hall–Kier alpha value is -8.89. The summed E-state index contributed by atoms with van der Waals surface area (Å²) in [5.74, 6) is -5.98. The molecule has 7 amide bonds. The average molecular weight is 1150 g/mol. The van der Waals surface area contributed by atoms with Crippen molar-refractivity contribution in [2.75, 3.05) is 38.2 Å². The molecule has 3 aliphatic heterocycles. The lowest BCUT2D eigenvalue weighted by molar-refractivity contribution is -0.172. The summed E-state index contributed by atoms with van der Waals surface area (Å²) in [6, 6.07) is 17.4. The number of benzene rings is 3. The van der Waals surface area contributed by atoms with E-state index in [0.717, 1.165) is 67.8 Å². The van der Waals surface area contributed by atoms with Gasteiger partial charge in [0.05, 0.1) is 42.2 Å². The van der Waals surface area contributed by atoms with Gasteiger partial charge in [0, 0.05) is 72.6 Å². The summed E-state index contributed by atoms with van der Waals surface area (Å²) >= 11 is 0. The number of carbonyl (C=O) groups is 9. The van der Waals surface area contributed by atoms with Crippen LogP contribution in [0, 0.1) is 5.92 Å². The molecule has 0 spiro atoms. The zero-order valence-electron chi connectivity index (χ0n) is 47.1. The second kappa shape index (κ2) is 24.5. The summed E-state index contributed by atoms with van der Waals surface area (Å²) in [4.78, 5) is 137. The highest BCUT2D eigenvalue weighted by Crippen LogP contribution is 2.46. The first-order valence-electron chi connectivity index (χ1n) is 28.4. The summed E-state index contributed by atoms with van der Waals surface area (Å²) in [6.45, 7) is 6.58. The molecular formula is C62H66N8O14. The number of aryl methyl sites for hydroxylation is 2. The number of ether oxygens (including phenoxy) is 3. The number of aromatic nitrogens is 2. The minimum absolute atomic E-state index is 0.0207. The van der Waals surface area contributed by atoms with Gasteiger partial charge in [-0.25, -0.2) is 14.6 Å². The monoisotopic (exact) mass is 1150 g/mol. The van der Waals surface area contributed by atoms with Gasteiger partial charge in [0.25, 0.3) is 17.4 Å². The number of nitrogens with one attached hydrogen (secondary N) is 5. The molecule has 6 N–H and O–H groups in total. The molecule has 5 heterocycles. The van der Waals surface area contributed by atoms with Crippen LogP contribution in [-0.2, 0) is 89.0 Å². The maximum absolute atomic E-state index is 14.0. The van der Waals surface area contributed by atoms with Gasteiger partial charge in [-0.2, -0.15) is 0 Å². The number of cyclic esters (lactones) is 1. The molecule has 5 aromatic rings. The number of carbonyl (C=O) groups excluding carboxylic acids is 9. The number of anilines is 1. The number of pyridine rings is 2. The molecule has 84 heavy (non-hydrogen) atoms. The fourth-order valence-electron chi connectivity index (χ4n) is 11.8. The molecule has 22 nitrogen and oxygen atoms in total. The molecule has 4 atom stereocenters. The highest BCUT2D eigenvalue weighted by Gasteiger charge is 2.46. The van der Waals surface area contributed by atoms with Crippen LogP contribution in [0.3, 0.4) is 0 Å². The Labute approximate surface area is 483 Å². The topological polar surface area (TPSA) is 300 Å². The van der Waals surface area contributed by atoms with Gasteiger partial charge in [-0.05, 0) is 96.5 Å². The quantitative estimate of drug-likeness (QED) is 0.0303. The number of esters is 2. The van der Waals surface area contributed by atoms with Crippen molar-refractivity contribution in [3.05, 3.63) is 128 Å². The van der Waals surface area contributed by atoms with Crippen molar-refractivity contribution >= 4 is 69.9 Å². The van der Waals surface area contributed by atoms with E-state index in [1.807, 2.05) is 48.5 Å². The SMILES string of the molecule is CC[C@@]1(O)C(=O)OCc2c1cc1n(c2=O)Cc2c-1nc1ccc(NC(=O)[C@H](C)NC(=O)[C@@H](NC(=O)CC[C@H](NC(=O)CCOCCNC(=O)CCN3C(=O)C=CC3=O)C(=O)OCC3c4ccccc4-c4ccccc43)C(C)C)c3c1c2CCC3. The Morgan fingerprint density at radius 1 is 0.786 bits per heavy atom. The minimum atomic E-state index is -1.96. The van der Waals surface area contributed by atoms with E-state index in [1.54, 1.807) is 43.5 Å². The van der Waals surface area contributed by atoms with Crippen LogP contribution < -0.4 is 32.1 Å². The maximum atomic E-state index is 14.0. The second-order valence-electron chi connectivity index (χ2n) is 22.0. The summed E-state index contributed by atoms with van der Waals surface area (Å²) in [5, 5.41) is 26.0. The molecule has 2 aliphatic carbocycles. The van der Waals surface area contributed by atoms with Crippen LogP contribution in [0.5, 0.6) is 0 Å². The summed E-state index contributed by atoms with van der Waals surface area (Å²) < 4.78 is 18.3. The lowest BCUT2D eigenvalue weighted by Gasteiger charge is -2.31. The highest BCUT2D eigenvalue weighted by atomic mass is 16.6. The number of imide groups is 1. The van der Waals surface area contributed by atoms with Crippen LogP contribution in [-0.4, -0.2) is 124 Å². The largest absolute Gasteiger partial charge is 0.463 e. The predicted molar refractivity (Wildman–Crippen MR) is 304 cm³/mol. The second-order valence-corrected chi connectivity index (χ2v) is 22.0. The van der Waals surface area contributed by atoms with E-state index in [9.17, 15) is 53.1 Å². The molecule has 2 aromatic heterocycles. The molecule has 0 unspecified atom stereocenters. The number of nitrogens with zero attached hydrogens (tertiary/aromatic N) is 3. The molecule has 22 heteroatoms. The van der Waals surface area contributed by atoms with Crippen LogP contribution in [0.15, 0.2) is 83.7 Å². The lowest BCUT2D eigenvalue weighted by atomic mass is 9.85. The molecule has 0 radical (unpaired) electrons. The first-order valence-corrected chi connectivity index (χ1v) is 28.4. The molecule has 0 saturated carbocycles. The number of rotatable bonds is 23. The van der Waals surface area contributed by atoms with E-state index in [1.165, 1.54) is 6.92 Å². The molecule has 0 saturated heterocycles. The van der Waals surface area contributed by atoms with E-state index in [4.69, 9.17) is 19.2 Å². The molecule has 5 aliphatic rings. The van der Waals surface area contributed by atoms with Crippen molar-refractivity contribution in [2.24, 2.45) is 5.92 Å². The van der Waals surface area contributed by atoms with E-state index in [2.05, 4.69) is 26.6 Å². The molecule has 3 aromatic carbocycles. The molecule has 0 fully saturated rings. The van der Waals surface area contributed by atoms with Crippen LogP contribution in [0.4, 0.5) is 5.69 Å². The number of aliphatic hydroxyl groups is 1. The predicted octanol–water partition coefficient (Wildman–Crippen LogP) is 3.61. The minimum Gasteiger partial charge on any atom is -0.463 e. The van der Waals surface area contributed by atoms with Crippen molar-refractivity contribution in [2.45, 2.75) is 122 Å².